The van der Waals surface area contributed by atoms with Crippen molar-refractivity contribution in [3.8, 4) is 0 Å². The van der Waals surface area contributed by atoms with E-state index in [0.29, 0.717) is 12.2 Å². The number of carbonyl (C=O) groups is 2. The lowest BCUT2D eigenvalue weighted by Crippen LogP contribution is -2.49. The van der Waals surface area contributed by atoms with Gasteiger partial charge in [-0.05, 0) is 24.6 Å². The molecular formula is C14H19N3O4. The maximum absolute atomic E-state index is 11.4. The zero-order valence-electron chi connectivity index (χ0n) is 11.8. The maximum Gasteiger partial charge on any atom is 0.319 e. The lowest BCUT2D eigenvalue weighted by molar-refractivity contribution is -0.138. The summed E-state index contributed by atoms with van der Waals surface area (Å²) in [4.78, 5) is 22.7. The summed E-state index contributed by atoms with van der Waals surface area (Å²) in [6, 6.07) is 6.36. The third kappa shape index (κ3) is 3.93. The number of carbonyl (C=O) groups excluding carboxylic acids is 2. The van der Waals surface area contributed by atoms with Gasteiger partial charge in [-0.2, -0.15) is 0 Å². The number of morpholine rings is 1. The molecule has 1 aliphatic rings. The average molecular weight is 293 g/mol. The number of amides is 3. The van der Waals surface area contributed by atoms with Crippen molar-refractivity contribution < 1.29 is 19.4 Å². The maximum atomic E-state index is 11.4. The Bertz CT molecular complexity index is 503. The van der Waals surface area contributed by atoms with E-state index < -0.39 is 12.1 Å². The molecule has 1 aliphatic heterocycles. The van der Waals surface area contributed by atoms with Crippen LogP contribution in [0.3, 0.4) is 0 Å². The van der Waals surface area contributed by atoms with E-state index in [1.165, 1.54) is 0 Å². The van der Waals surface area contributed by atoms with Crippen molar-refractivity contribution in [1.29, 1.82) is 0 Å². The van der Waals surface area contributed by atoms with Crippen LogP contribution in [-0.4, -0.2) is 42.8 Å². The van der Waals surface area contributed by atoms with E-state index in [4.69, 9.17) is 4.74 Å². The molecule has 0 saturated carbocycles. The lowest BCUT2D eigenvalue weighted by Gasteiger charge is -2.31. The number of urea groups is 1. The molecule has 2 rings (SSSR count). The molecule has 1 fully saturated rings. The molecule has 7 nitrogen and oxygen atoms in total. The lowest BCUT2D eigenvalue weighted by atomic mass is 10.0. The van der Waals surface area contributed by atoms with Crippen molar-refractivity contribution in [2.45, 2.75) is 19.1 Å². The first-order chi connectivity index (χ1) is 10.1. The molecule has 1 saturated heterocycles. The number of benzene rings is 1. The Labute approximate surface area is 122 Å². The molecule has 7 heteroatoms. The minimum atomic E-state index is -0.464. The Balaban J connectivity index is 2.04. The van der Waals surface area contributed by atoms with E-state index in [1.807, 2.05) is 6.92 Å². The van der Waals surface area contributed by atoms with Crippen molar-refractivity contribution in [3.63, 3.8) is 0 Å². The zero-order chi connectivity index (χ0) is 15.2. The predicted molar refractivity (Wildman–Crippen MR) is 76.8 cm³/mol. The minimum Gasteiger partial charge on any atom is -0.394 e. The topological polar surface area (TPSA) is 99.7 Å². The highest BCUT2D eigenvalue weighted by molar-refractivity contribution is 5.89. The van der Waals surface area contributed by atoms with Gasteiger partial charge in [0.05, 0.1) is 12.6 Å². The molecule has 0 radical (unpaired) electrons. The summed E-state index contributed by atoms with van der Waals surface area (Å²) in [5.41, 5.74) is 1.49. The van der Waals surface area contributed by atoms with E-state index in [2.05, 4.69) is 16.0 Å². The van der Waals surface area contributed by atoms with Gasteiger partial charge in [-0.1, -0.05) is 12.1 Å². The highest BCUT2D eigenvalue weighted by Crippen LogP contribution is 2.25. The van der Waals surface area contributed by atoms with Crippen LogP contribution in [0.2, 0.25) is 0 Å². The van der Waals surface area contributed by atoms with Gasteiger partial charge < -0.3 is 25.8 Å². The molecule has 1 heterocycles. The van der Waals surface area contributed by atoms with Gasteiger partial charge in [0, 0.05) is 12.2 Å². The summed E-state index contributed by atoms with van der Waals surface area (Å²) in [6.07, 6.45) is -0.397. The summed E-state index contributed by atoms with van der Waals surface area (Å²) >= 11 is 0. The molecule has 21 heavy (non-hydrogen) atoms. The normalized spacial score (nSPS) is 21.5. The average Bonchev–Trinajstić information content (AvgIpc) is 2.48. The first-order valence-electron chi connectivity index (χ1n) is 6.80. The zero-order valence-corrected chi connectivity index (χ0v) is 11.8. The van der Waals surface area contributed by atoms with Crippen LogP contribution in [0.25, 0.3) is 0 Å². The van der Waals surface area contributed by atoms with Crippen LogP contribution in [0.1, 0.15) is 18.6 Å². The van der Waals surface area contributed by atoms with Gasteiger partial charge in [0.2, 0.25) is 5.91 Å². The second kappa shape index (κ2) is 7.05. The summed E-state index contributed by atoms with van der Waals surface area (Å²) < 4.78 is 5.47. The Kier molecular flexibility index (Phi) is 5.13. The third-order valence-corrected chi connectivity index (χ3v) is 3.14. The number of hydrogen-bond acceptors (Lipinski definition) is 4. The molecule has 0 spiro atoms. The van der Waals surface area contributed by atoms with Crippen molar-refractivity contribution in [2.75, 3.05) is 25.1 Å². The van der Waals surface area contributed by atoms with Gasteiger partial charge in [-0.3, -0.25) is 4.79 Å². The second-order valence-electron chi connectivity index (χ2n) is 4.69. The summed E-state index contributed by atoms with van der Waals surface area (Å²) in [5, 5.41) is 17.3. The van der Waals surface area contributed by atoms with E-state index in [0.717, 1.165) is 5.56 Å². The van der Waals surface area contributed by atoms with Crippen LogP contribution < -0.4 is 16.0 Å². The van der Waals surface area contributed by atoms with Gasteiger partial charge in [-0.15, -0.1) is 0 Å². The summed E-state index contributed by atoms with van der Waals surface area (Å²) in [7, 11) is 0. The first kappa shape index (κ1) is 15.3. The van der Waals surface area contributed by atoms with Gasteiger partial charge in [0.25, 0.3) is 0 Å². The first-order valence-corrected chi connectivity index (χ1v) is 6.80. The van der Waals surface area contributed by atoms with Gasteiger partial charge >= 0.3 is 6.03 Å². The van der Waals surface area contributed by atoms with E-state index >= 15 is 0 Å². The summed E-state index contributed by atoms with van der Waals surface area (Å²) in [6.45, 7) is 2.17. The number of rotatable bonds is 4. The van der Waals surface area contributed by atoms with Gasteiger partial charge in [0.1, 0.15) is 12.7 Å². The molecular weight excluding hydrogens is 274 g/mol. The fraction of sp³-hybridized carbons (Fsp3) is 0.429. The van der Waals surface area contributed by atoms with Crippen LogP contribution in [-0.2, 0) is 9.53 Å². The number of nitrogens with one attached hydrogen (secondary N) is 3. The van der Waals surface area contributed by atoms with Gasteiger partial charge in [0.15, 0.2) is 0 Å². The Hall–Kier alpha value is -2.12. The SMILES string of the molecule is CCNC(=O)Nc1ccc([C@H]2OCC(=O)N[C@@H]2CO)cc1. The quantitative estimate of drug-likeness (QED) is 0.644. The second-order valence-corrected chi connectivity index (χ2v) is 4.69. The van der Waals surface area contributed by atoms with Crippen molar-refractivity contribution in [2.24, 2.45) is 0 Å². The fourth-order valence-corrected chi connectivity index (χ4v) is 2.17. The standard InChI is InChI=1S/C14H19N3O4/c1-2-15-14(20)16-10-5-3-9(4-6-10)13-11(7-18)17-12(19)8-21-13/h3-6,11,13,18H,2,7-8H2,1H3,(H,17,19)(H2,15,16,20)/t11-,13-/m1/s1. The number of ether oxygens (including phenoxy) is 1. The predicted octanol–water partition coefficient (Wildman–Crippen LogP) is 0.376. The molecule has 4 N–H and O–H groups in total. The van der Waals surface area contributed by atoms with E-state index in [9.17, 15) is 14.7 Å². The highest BCUT2D eigenvalue weighted by atomic mass is 16.5. The Morgan fingerprint density at radius 1 is 1.43 bits per heavy atom. The van der Waals surface area contributed by atoms with E-state index in [1.54, 1.807) is 24.3 Å². The molecule has 114 valence electrons. The highest BCUT2D eigenvalue weighted by Gasteiger charge is 2.30. The monoisotopic (exact) mass is 293 g/mol. The largest absolute Gasteiger partial charge is 0.394 e. The minimum absolute atomic E-state index is 0.0277. The van der Waals surface area contributed by atoms with Crippen molar-refractivity contribution in [1.82, 2.24) is 10.6 Å². The van der Waals surface area contributed by atoms with Crippen molar-refractivity contribution in [3.05, 3.63) is 29.8 Å². The molecule has 0 aromatic heterocycles. The third-order valence-electron chi connectivity index (χ3n) is 3.14. The smallest absolute Gasteiger partial charge is 0.319 e. The molecule has 0 unspecified atom stereocenters. The Morgan fingerprint density at radius 3 is 2.76 bits per heavy atom. The number of aliphatic hydroxyl groups is 1. The molecule has 1 aromatic rings. The Morgan fingerprint density at radius 2 is 2.14 bits per heavy atom. The molecule has 0 bridgehead atoms. The molecule has 1 aromatic carbocycles. The number of aliphatic hydroxyl groups excluding tert-OH is 1. The van der Waals surface area contributed by atoms with Crippen LogP contribution >= 0.6 is 0 Å². The molecule has 3 amide bonds. The number of hydrogen-bond donors (Lipinski definition) is 4. The van der Waals surface area contributed by atoms with Crippen LogP contribution in [0.15, 0.2) is 24.3 Å². The van der Waals surface area contributed by atoms with Crippen LogP contribution in [0, 0.1) is 0 Å². The number of anilines is 1. The molecule has 0 aliphatic carbocycles. The fourth-order valence-electron chi connectivity index (χ4n) is 2.17. The van der Waals surface area contributed by atoms with Crippen LogP contribution in [0.4, 0.5) is 10.5 Å². The van der Waals surface area contributed by atoms with Gasteiger partial charge in [-0.25, -0.2) is 4.79 Å². The molecule has 2 atom stereocenters. The van der Waals surface area contributed by atoms with Crippen LogP contribution in [0.5, 0.6) is 0 Å². The van der Waals surface area contributed by atoms with E-state index in [-0.39, 0.29) is 25.2 Å². The van der Waals surface area contributed by atoms with Crippen molar-refractivity contribution >= 4 is 17.6 Å². The summed E-state index contributed by atoms with van der Waals surface area (Å²) in [5.74, 6) is -0.236.